The molecule has 0 bridgehead atoms. The minimum absolute atomic E-state index is 0.0796. The second kappa shape index (κ2) is 4.68. The first-order chi connectivity index (χ1) is 9.24. The Labute approximate surface area is 113 Å². The van der Waals surface area contributed by atoms with Crippen LogP contribution in [0.4, 0.5) is 5.69 Å². The van der Waals surface area contributed by atoms with E-state index in [9.17, 15) is 4.79 Å². The smallest absolute Gasteiger partial charge is 0.256 e. The number of aliphatic imine (C=N–C) groups is 1. The second-order valence-corrected chi connectivity index (χ2v) is 5.02. The SMILES string of the molecule is CCc1cc2c(cc1OC)C(=O)N1CCC[C@H]1C=N2. The van der Waals surface area contributed by atoms with Crippen molar-refractivity contribution in [3.63, 3.8) is 0 Å². The molecule has 0 aliphatic carbocycles. The third kappa shape index (κ3) is 1.91. The number of amides is 1. The molecule has 1 atom stereocenters. The second-order valence-electron chi connectivity index (χ2n) is 5.02. The molecule has 1 aromatic rings. The molecule has 2 aliphatic heterocycles. The van der Waals surface area contributed by atoms with Gasteiger partial charge in [-0.1, -0.05) is 6.92 Å². The van der Waals surface area contributed by atoms with Crippen LogP contribution >= 0.6 is 0 Å². The van der Waals surface area contributed by atoms with E-state index in [1.807, 2.05) is 23.2 Å². The van der Waals surface area contributed by atoms with Crippen LogP contribution in [-0.2, 0) is 6.42 Å². The van der Waals surface area contributed by atoms with Crippen LogP contribution in [0.25, 0.3) is 0 Å². The number of nitrogens with zero attached hydrogens (tertiary/aromatic N) is 2. The predicted octanol–water partition coefficient (Wildman–Crippen LogP) is 2.58. The van der Waals surface area contributed by atoms with E-state index >= 15 is 0 Å². The lowest BCUT2D eigenvalue weighted by atomic mass is 10.0. The van der Waals surface area contributed by atoms with Crippen LogP contribution in [0.2, 0.25) is 0 Å². The van der Waals surface area contributed by atoms with Gasteiger partial charge in [0.2, 0.25) is 0 Å². The summed E-state index contributed by atoms with van der Waals surface area (Å²) in [5.74, 6) is 0.860. The van der Waals surface area contributed by atoms with Crippen molar-refractivity contribution in [1.29, 1.82) is 0 Å². The number of fused-ring (bicyclic) bond motifs is 2. The Morgan fingerprint density at radius 2 is 2.32 bits per heavy atom. The van der Waals surface area contributed by atoms with Gasteiger partial charge in [0, 0.05) is 12.8 Å². The van der Waals surface area contributed by atoms with Crippen LogP contribution in [0.1, 0.15) is 35.7 Å². The third-order valence-corrected chi connectivity index (χ3v) is 3.96. The molecule has 2 aliphatic rings. The van der Waals surface area contributed by atoms with Crippen LogP contribution in [0.15, 0.2) is 17.1 Å². The number of methoxy groups -OCH3 is 1. The molecule has 4 nitrogen and oxygen atoms in total. The molecular formula is C15H18N2O2. The summed E-state index contributed by atoms with van der Waals surface area (Å²) in [5.41, 5.74) is 2.53. The van der Waals surface area contributed by atoms with Crippen molar-refractivity contribution < 1.29 is 9.53 Å². The summed E-state index contributed by atoms with van der Waals surface area (Å²) in [7, 11) is 1.64. The van der Waals surface area contributed by atoms with E-state index in [-0.39, 0.29) is 11.9 Å². The van der Waals surface area contributed by atoms with Gasteiger partial charge in [-0.05, 0) is 37.0 Å². The Bertz CT molecular complexity index is 551. The molecule has 1 amide bonds. The van der Waals surface area contributed by atoms with Crippen LogP contribution < -0.4 is 4.74 Å². The van der Waals surface area contributed by atoms with E-state index in [1.54, 1.807) is 7.11 Å². The van der Waals surface area contributed by atoms with Crippen molar-refractivity contribution in [2.75, 3.05) is 13.7 Å². The maximum absolute atomic E-state index is 12.6. The summed E-state index contributed by atoms with van der Waals surface area (Å²) < 4.78 is 5.38. The molecule has 2 heterocycles. The highest BCUT2D eigenvalue weighted by molar-refractivity contribution is 6.03. The Morgan fingerprint density at radius 3 is 3.05 bits per heavy atom. The number of rotatable bonds is 2. The van der Waals surface area contributed by atoms with Gasteiger partial charge in [0.25, 0.3) is 5.91 Å². The molecule has 1 saturated heterocycles. The molecule has 0 aromatic heterocycles. The van der Waals surface area contributed by atoms with Gasteiger partial charge in [-0.15, -0.1) is 0 Å². The lowest BCUT2D eigenvalue weighted by Crippen LogP contribution is -2.35. The quantitative estimate of drug-likeness (QED) is 0.818. The largest absolute Gasteiger partial charge is 0.496 e. The van der Waals surface area contributed by atoms with E-state index in [1.165, 1.54) is 0 Å². The zero-order valence-corrected chi connectivity index (χ0v) is 11.3. The maximum atomic E-state index is 12.6. The van der Waals surface area contributed by atoms with Crippen molar-refractivity contribution in [2.24, 2.45) is 4.99 Å². The zero-order valence-electron chi connectivity index (χ0n) is 11.3. The van der Waals surface area contributed by atoms with Gasteiger partial charge in [-0.2, -0.15) is 0 Å². The molecule has 19 heavy (non-hydrogen) atoms. The minimum Gasteiger partial charge on any atom is -0.496 e. The number of carbonyl (C=O) groups excluding carboxylic acids is 1. The van der Waals surface area contributed by atoms with Gasteiger partial charge < -0.3 is 9.64 Å². The normalized spacial score (nSPS) is 21.1. The predicted molar refractivity (Wildman–Crippen MR) is 74.6 cm³/mol. The van der Waals surface area contributed by atoms with Crippen molar-refractivity contribution in [3.8, 4) is 5.75 Å². The number of aryl methyl sites for hydroxylation is 1. The summed E-state index contributed by atoms with van der Waals surface area (Å²) in [5, 5.41) is 0. The first-order valence-corrected chi connectivity index (χ1v) is 6.80. The highest BCUT2D eigenvalue weighted by Gasteiger charge is 2.32. The summed E-state index contributed by atoms with van der Waals surface area (Å²) in [6.07, 6.45) is 4.86. The Balaban J connectivity index is 2.12. The molecule has 0 radical (unpaired) electrons. The average molecular weight is 258 g/mol. The summed E-state index contributed by atoms with van der Waals surface area (Å²) in [4.78, 5) is 19.0. The minimum atomic E-state index is 0.0796. The van der Waals surface area contributed by atoms with Gasteiger partial charge in [0.1, 0.15) is 5.75 Å². The average Bonchev–Trinajstić information content (AvgIpc) is 2.87. The number of hydrogen-bond acceptors (Lipinski definition) is 3. The van der Waals surface area contributed by atoms with Crippen molar-refractivity contribution >= 4 is 17.8 Å². The Kier molecular flexibility index (Phi) is 3.01. The van der Waals surface area contributed by atoms with Gasteiger partial charge in [0.05, 0.1) is 24.4 Å². The van der Waals surface area contributed by atoms with E-state index in [0.29, 0.717) is 5.56 Å². The van der Waals surface area contributed by atoms with Crippen molar-refractivity contribution in [2.45, 2.75) is 32.2 Å². The van der Waals surface area contributed by atoms with E-state index in [0.717, 1.165) is 42.8 Å². The first kappa shape index (κ1) is 12.2. The van der Waals surface area contributed by atoms with Gasteiger partial charge in [-0.25, -0.2) is 0 Å². The fraction of sp³-hybridized carbons (Fsp3) is 0.467. The lowest BCUT2D eigenvalue weighted by molar-refractivity contribution is 0.0774. The molecule has 0 unspecified atom stereocenters. The van der Waals surface area contributed by atoms with Gasteiger partial charge in [0.15, 0.2) is 0 Å². The Morgan fingerprint density at radius 1 is 1.47 bits per heavy atom. The van der Waals surface area contributed by atoms with Gasteiger partial charge >= 0.3 is 0 Å². The lowest BCUT2D eigenvalue weighted by Gasteiger charge is -2.20. The maximum Gasteiger partial charge on any atom is 0.256 e. The molecule has 0 saturated carbocycles. The molecule has 100 valence electrons. The fourth-order valence-corrected chi connectivity index (χ4v) is 2.88. The standard InChI is InChI=1S/C15H18N2O2/c1-3-10-7-13-12(8-14(10)19-2)15(18)17-6-4-5-11(17)9-16-13/h7-9,11H,3-6H2,1-2H3/t11-/m0/s1. The third-order valence-electron chi connectivity index (χ3n) is 3.96. The highest BCUT2D eigenvalue weighted by atomic mass is 16.5. The van der Waals surface area contributed by atoms with Gasteiger partial charge in [-0.3, -0.25) is 9.79 Å². The topological polar surface area (TPSA) is 41.9 Å². The van der Waals surface area contributed by atoms with Crippen molar-refractivity contribution in [3.05, 3.63) is 23.3 Å². The number of hydrogen-bond donors (Lipinski definition) is 0. The van der Waals surface area contributed by atoms with E-state index in [4.69, 9.17) is 4.74 Å². The summed E-state index contributed by atoms with van der Waals surface area (Å²) in [6, 6.07) is 3.98. The molecule has 1 fully saturated rings. The fourth-order valence-electron chi connectivity index (χ4n) is 2.88. The van der Waals surface area contributed by atoms with E-state index < -0.39 is 0 Å². The number of benzene rings is 1. The number of carbonyl (C=O) groups is 1. The summed E-state index contributed by atoms with van der Waals surface area (Å²) in [6.45, 7) is 2.90. The Hall–Kier alpha value is -1.84. The molecular weight excluding hydrogens is 240 g/mol. The van der Waals surface area contributed by atoms with Crippen LogP contribution in [0, 0.1) is 0 Å². The first-order valence-electron chi connectivity index (χ1n) is 6.80. The monoisotopic (exact) mass is 258 g/mol. The summed E-state index contributed by atoms with van der Waals surface area (Å²) >= 11 is 0. The molecule has 1 aromatic carbocycles. The molecule has 3 rings (SSSR count). The molecule has 0 N–H and O–H groups in total. The highest BCUT2D eigenvalue weighted by Crippen LogP contribution is 2.34. The van der Waals surface area contributed by atoms with Crippen LogP contribution in [0.3, 0.4) is 0 Å². The van der Waals surface area contributed by atoms with Crippen LogP contribution in [-0.4, -0.2) is 36.7 Å². The molecule has 4 heteroatoms. The zero-order chi connectivity index (χ0) is 13.4. The van der Waals surface area contributed by atoms with E-state index in [2.05, 4.69) is 11.9 Å². The molecule has 0 spiro atoms. The van der Waals surface area contributed by atoms with Crippen LogP contribution in [0.5, 0.6) is 5.75 Å². The number of ether oxygens (including phenoxy) is 1. The van der Waals surface area contributed by atoms with Crippen molar-refractivity contribution in [1.82, 2.24) is 4.90 Å².